The fraction of sp³-hybridized carbons (Fsp3) is 0.0769. The van der Waals surface area contributed by atoms with Crippen LogP contribution in [-0.2, 0) is 4.79 Å². The highest BCUT2D eigenvalue weighted by Gasteiger charge is 2.14. The van der Waals surface area contributed by atoms with E-state index in [4.69, 9.17) is 27.9 Å². The summed E-state index contributed by atoms with van der Waals surface area (Å²) in [4.78, 5) is 11.0. The zero-order valence-corrected chi connectivity index (χ0v) is 17.9. The van der Waals surface area contributed by atoms with Crippen molar-refractivity contribution >= 4 is 46.7 Å². The zero-order valence-electron chi connectivity index (χ0n) is 17.1. The second-order valence-corrected chi connectivity index (χ2v) is 7.39. The lowest BCUT2D eigenvalue weighted by Crippen LogP contribution is -1.99. The highest BCUT2D eigenvalue weighted by Crippen LogP contribution is 2.35. The Morgan fingerprint density at radius 2 is 1.65 bits per heavy atom. The summed E-state index contributed by atoms with van der Waals surface area (Å²) in [6, 6.07) is 23.5. The summed E-state index contributed by atoms with van der Waals surface area (Å²) in [5.41, 5.74) is 13.2. The van der Waals surface area contributed by atoms with E-state index in [1.807, 2.05) is 60.7 Å². The van der Waals surface area contributed by atoms with E-state index in [0.717, 1.165) is 34.3 Å². The number of rotatable bonds is 7. The van der Waals surface area contributed by atoms with Crippen LogP contribution in [-0.4, -0.2) is 17.3 Å². The number of carboxylic acid groups (broad SMARTS) is 1. The van der Waals surface area contributed by atoms with Crippen LogP contribution in [0.3, 0.4) is 0 Å². The predicted molar refractivity (Wildman–Crippen MR) is 129 cm³/mol. The van der Waals surface area contributed by atoms with Crippen molar-refractivity contribution < 1.29 is 9.90 Å². The number of halogens is 1. The topological polar surface area (TPSA) is 87.2 Å². The summed E-state index contributed by atoms with van der Waals surface area (Å²) >= 11 is 5.77. The molecule has 0 aliphatic rings. The van der Waals surface area contributed by atoms with E-state index in [1.165, 1.54) is 12.3 Å². The lowest BCUT2D eigenvalue weighted by atomic mass is 9.87. The molecule has 0 aliphatic carbocycles. The van der Waals surface area contributed by atoms with Crippen molar-refractivity contribution in [1.29, 1.82) is 5.41 Å². The Kier molecular flexibility index (Phi) is 7.06. The van der Waals surface area contributed by atoms with Gasteiger partial charge in [-0.05, 0) is 58.0 Å². The molecule has 3 aromatic carbocycles. The van der Waals surface area contributed by atoms with Crippen LogP contribution < -0.4 is 5.73 Å². The molecule has 0 fully saturated rings. The Hall–Kier alpha value is -3.63. The molecule has 0 saturated heterocycles. The number of nitrogens with two attached hydrogens (primary N) is 1. The Labute approximate surface area is 186 Å². The summed E-state index contributed by atoms with van der Waals surface area (Å²) in [5, 5.41) is 16.4. The van der Waals surface area contributed by atoms with Crippen LogP contribution in [0.1, 0.15) is 41.2 Å². The van der Waals surface area contributed by atoms with E-state index >= 15 is 0 Å². The molecule has 0 atom stereocenters. The number of nitrogens with one attached hydrogen (secondary N) is 1. The lowest BCUT2D eigenvalue weighted by Gasteiger charge is -2.17. The Morgan fingerprint density at radius 1 is 1.00 bits per heavy atom. The first kappa shape index (κ1) is 22.1. The average molecular weight is 431 g/mol. The second-order valence-electron chi connectivity index (χ2n) is 6.98. The molecule has 0 saturated carbocycles. The number of carboxylic acids is 1. The zero-order chi connectivity index (χ0) is 22.4. The molecule has 31 heavy (non-hydrogen) atoms. The van der Waals surface area contributed by atoms with Crippen LogP contribution in [0, 0.1) is 5.41 Å². The van der Waals surface area contributed by atoms with Gasteiger partial charge in [0.1, 0.15) is 5.03 Å². The number of hydrogen-bond acceptors (Lipinski definition) is 3. The molecule has 4 N–H and O–H groups in total. The maximum absolute atomic E-state index is 11.0. The summed E-state index contributed by atoms with van der Waals surface area (Å²) < 4.78 is 0. The quantitative estimate of drug-likeness (QED) is 0.178. The molecule has 0 heterocycles. The molecule has 0 unspecified atom stereocenters. The van der Waals surface area contributed by atoms with Crippen molar-refractivity contribution in [1.82, 2.24) is 0 Å². The molecule has 0 bridgehead atoms. The first-order valence-electron chi connectivity index (χ1n) is 9.84. The standard InChI is InChI=1S/C26H23ClN2O2/c1-2-22(18-6-4-3-5-7-18)25(20-12-13-24(29)21(15-20)16-28)19-10-8-17(9-11-19)14-23(27)26(30)31/h3-16,28H,2,29H2,1H3,(H,30,31)/b23-14-,25-22+,28-16?. The van der Waals surface area contributed by atoms with E-state index in [9.17, 15) is 4.79 Å². The van der Waals surface area contributed by atoms with Crippen molar-refractivity contribution in [3.05, 3.63) is 106 Å². The molecule has 0 aliphatic heterocycles. The van der Waals surface area contributed by atoms with E-state index in [-0.39, 0.29) is 5.03 Å². The minimum absolute atomic E-state index is 0.240. The van der Waals surface area contributed by atoms with Gasteiger partial charge in [0.2, 0.25) is 0 Å². The molecule has 4 nitrogen and oxygen atoms in total. The number of carbonyl (C=O) groups is 1. The maximum atomic E-state index is 11.0. The summed E-state index contributed by atoms with van der Waals surface area (Å²) in [6.45, 7) is 2.11. The Bertz CT molecular complexity index is 1160. The van der Waals surface area contributed by atoms with E-state index in [0.29, 0.717) is 16.8 Å². The third-order valence-corrected chi connectivity index (χ3v) is 5.28. The van der Waals surface area contributed by atoms with Crippen LogP contribution in [0.2, 0.25) is 0 Å². The SMILES string of the molecule is CC/C(=C(/c1ccc(/C=C(\Cl)C(=O)O)cc1)c1ccc(N)c(C=N)c1)c1ccccc1. The fourth-order valence-corrected chi connectivity index (χ4v) is 3.62. The van der Waals surface area contributed by atoms with Gasteiger partial charge in [0, 0.05) is 17.5 Å². The highest BCUT2D eigenvalue weighted by molar-refractivity contribution is 6.42. The van der Waals surface area contributed by atoms with Gasteiger partial charge in [-0.1, -0.05) is 79.2 Å². The predicted octanol–water partition coefficient (Wildman–Crippen LogP) is 6.30. The van der Waals surface area contributed by atoms with Crippen LogP contribution >= 0.6 is 11.6 Å². The first-order valence-corrected chi connectivity index (χ1v) is 10.2. The van der Waals surface area contributed by atoms with Crippen molar-refractivity contribution in [2.24, 2.45) is 0 Å². The monoisotopic (exact) mass is 430 g/mol. The third-order valence-electron chi connectivity index (χ3n) is 5.01. The summed E-state index contributed by atoms with van der Waals surface area (Å²) in [7, 11) is 0. The molecule has 156 valence electrons. The normalized spacial score (nSPS) is 12.3. The molecular formula is C26H23ClN2O2. The Morgan fingerprint density at radius 3 is 2.23 bits per heavy atom. The van der Waals surface area contributed by atoms with Gasteiger partial charge in [0.15, 0.2) is 0 Å². The third kappa shape index (κ3) is 5.11. The van der Waals surface area contributed by atoms with Gasteiger partial charge in [-0.25, -0.2) is 4.79 Å². The molecule has 3 rings (SSSR count). The number of hydrogen-bond donors (Lipinski definition) is 3. The van der Waals surface area contributed by atoms with Crippen molar-refractivity contribution in [2.75, 3.05) is 5.73 Å². The van der Waals surface area contributed by atoms with E-state index in [2.05, 4.69) is 19.1 Å². The van der Waals surface area contributed by atoms with Crippen molar-refractivity contribution in [3.63, 3.8) is 0 Å². The number of nitrogen functional groups attached to an aromatic ring is 1. The maximum Gasteiger partial charge on any atom is 0.347 e. The van der Waals surface area contributed by atoms with E-state index < -0.39 is 5.97 Å². The summed E-state index contributed by atoms with van der Waals surface area (Å²) in [6.07, 6.45) is 3.48. The number of anilines is 1. The molecule has 0 amide bonds. The fourth-order valence-electron chi connectivity index (χ4n) is 3.49. The minimum Gasteiger partial charge on any atom is -0.477 e. The van der Waals surface area contributed by atoms with Crippen LogP contribution in [0.15, 0.2) is 77.8 Å². The Balaban J connectivity index is 2.22. The molecular weight excluding hydrogens is 408 g/mol. The van der Waals surface area contributed by atoms with Gasteiger partial charge in [-0.3, -0.25) is 0 Å². The van der Waals surface area contributed by atoms with E-state index in [1.54, 1.807) is 0 Å². The molecule has 0 aromatic heterocycles. The van der Waals surface area contributed by atoms with Crippen LogP contribution in [0.25, 0.3) is 17.2 Å². The number of allylic oxidation sites excluding steroid dienone is 1. The lowest BCUT2D eigenvalue weighted by molar-refractivity contribution is -0.131. The van der Waals surface area contributed by atoms with Crippen LogP contribution in [0.4, 0.5) is 5.69 Å². The minimum atomic E-state index is -1.16. The number of aliphatic carboxylic acids is 1. The van der Waals surface area contributed by atoms with Gasteiger partial charge >= 0.3 is 5.97 Å². The number of benzene rings is 3. The smallest absolute Gasteiger partial charge is 0.347 e. The summed E-state index contributed by atoms with van der Waals surface area (Å²) in [5.74, 6) is -1.16. The van der Waals surface area contributed by atoms with Gasteiger partial charge in [0.05, 0.1) is 0 Å². The van der Waals surface area contributed by atoms with Crippen molar-refractivity contribution in [3.8, 4) is 0 Å². The molecule has 0 spiro atoms. The first-order chi connectivity index (χ1) is 14.9. The van der Waals surface area contributed by atoms with Gasteiger partial charge < -0.3 is 16.2 Å². The molecule has 3 aromatic rings. The van der Waals surface area contributed by atoms with Crippen LogP contribution in [0.5, 0.6) is 0 Å². The largest absolute Gasteiger partial charge is 0.477 e. The van der Waals surface area contributed by atoms with Gasteiger partial charge in [0.25, 0.3) is 0 Å². The van der Waals surface area contributed by atoms with Gasteiger partial charge in [-0.15, -0.1) is 0 Å². The molecule has 5 heteroatoms. The highest BCUT2D eigenvalue weighted by atomic mass is 35.5. The average Bonchev–Trinajstić information content (AvgIpc) is 2.79. The second kappa shape index (κ2) is 9.92. The van der Waals surface area contributed by atoms with Gasteiger partial charge in [-0.2, -0.15) is 0 Å². The van der Waals surface area contributed by atoms with Crippen molar-refractivity contribution in [2.45, 2.75) is 13.3 Å². The molecule has 0 radical (unpaired) electrons.